The zero-order valence-corrected chi connectivity index (χ0v) is 6.65. The lowest BCUT2D eigenvalue weighted by molar-refractivity contribution is 0.308. The third-order valence-corrected chi connectivity index (χ3v) is 2.06. The number of unbranched alkanes of at least 4 members (excludes halogenated alkanes) is 1. The molecule has 2 heteroatoms. The van der Waals surface area contributed by atoms with Gasteiger partial charge in [0.25, 0.3) is 0 Å². The Morgan fingerprint density at radius 3 is 2.60 bits per heavy atom. The molecule has 0 radical (unpaired) electrons. The molecule has 0 bridgehead atoms. The molecule has 0 unspecified atom stereocenters. The van der Waals surface area contributed by atoms with Gasteiger partial charge in [0.2, 0.25) is 0 Å². The van der Waals surface area contributed by atoms with Crippen molar-refractivity contribution in [2.75, 3.05) is 20.3 Å². The molecule has 0 aliphatic heterocycles. The lowest BCUT2D eigenvalue weighted by atomic mass is 10.3. The first-order chi connectivity index (χ1) is 4.84. The molecule has 10 heavy (non-hydrogen) atoms. The van der Waals surface area contributed by atoms with Crippen LogP contribution in [0.25, 0.3) is 0 Å². The molecule has 0 atom stereocenters. The average molecular weight is 145 g/mol. The third kappa shape index (κ3) is 2.65. The molecule has 1 saturated carbocycles. The summed E-state index contributed by atoms with van der Waals surface area (Å²) in [6.45, 7) is 0.924. The Labute approximate surface area is 62.2 Å². The van der Waals surface area contributed by atoms with E-state index in [4.69, 9.17) is 0 Å². The van der Waals surface area contributed by atoms with Crippen LogP contribution in [-0.2, 0) is 0 Å². The lowest BCUT2D eigenvalue weighted by Crippen LogP contribution is -2.21. The van der Waals surface area contributed by atoms with E-state index in [0.29, 0.717) is 0 Å². The predicted octanol–water partition coefficient (Wildman–Crippen LogP) is 1.83. The fourth-order valence-corrected chi connectivity index (χ4v) is 1.15. The quantitative estimate of drug-likeness (QED) is 0.533. The largest absolute Gasteiger partial charge is 0.303 e. The molecule has 0 aromatic heterocycles. The Morgan fingerprint density at radius 1 is 1.40 bits per heavy atom. The summed E-state index contributed by atoms with van der Waals surface area (Å²) >= 11 is 0. The summed E-state index contributed by atoms with van der Waals surface area (Å²) in [5.41, 5.74) is 0. The van der Waals surface area contributed by atoms with Crippen molar-refractivity contribution in [1.82, 2.24) is 4.90 Å². The summed E-state index contributed by atoms with van der Waals surface area (Å²) in [4.78, 5) is 2.34. The van der Waals surface area contributed by atoms with Crippen LogP contribution in [0.15, 0.2) is 0 Å². The number of hydrogen-bond acceptors (Lipinski definition) is 1. The Balaban J connectivity index is 1.90. The molecule has 0 amide bonds. The van der Waals surface area contributed by atoms with Crippen LogP contribution in [-0.4, -0.2) is 31.2 Å². The summed E-state index contributed by atoms with van der Waals surface area (Å²) in [5, 5.41) is 0. The first-order valence-corrected chi connectivity index (χ1v) is 4.11. The molecule has 0 heterocycles. The van der Waals surface area contributed by atoms with E-state index in [1.165, 1.54) is 12.8 Å². The highest BCUT2D eigenvalue weighted by atomic mass is 19.1. The molecule has 0 aromatic rings. The molecule has 0 N–H and O–H groups in total. The molecular weight excluding hydrogens is 129 g/mol. The van der Waals surface area contributed by atoms with Gasteiger partial charge in [-0.15, -0.1) is 0 Å². The number of hydrogen-bond donors (Lipinski definition) is 0. The molecule has 1 fully saturated rings. The van der Waals surface area contributed by atoms with Gasteiger partial charge >= 0.3 is 0 Å². The van der Waals surface area contributed by atoms with Crippen molar-refractivity contribution >= 4 is 0 Å². The van der Waals surface area contributed by atoms with Crippen molar-refractivity contribution in [1.29, 1.82) is 0 Å². The minimum atomic E-state index is -0.154. The van der Waals surface area contributed by atoms with Gasteiger partial charge in [-0.3, -0.25) is 4.39 Å². The van der Waals surface area contributed by atoms with E-state index in [0.717, 1.165) is 25.4 Å². The summed E-state index contributed by atoms with van der Waals surface area (Å²) in [6.07, 6.45) is 4.46. The highest BCUT2D eigenvalue weighted by Gasteiger charge is 2.25. The molecule has 60 valence electrons. The lowest BCUT2D eigenvalue weighted by Gasteiger charge is -2.13. The van der Waals surface area contributed by atoms with E-state index in [1.807, 2.05) is 0 Å². The first kappa shape index (κ1) is 7.99. The van der Waals surface area contributed by atoms with Crippen LogP contribution in [0, 0.1) is 0 Å². The van der Waals surface area contributed by atoms with Gasteiger partial charge in [0.05, 0.1) is 6.67 Å². The van der Waals surface area contributed by atoms with Gasteiger partial charge < -0.3 is 4.90 Å². The SMILES string of the molecule is CN(CCCCF)C1CC1. The highest BCUT2D eigenvalue weighted by Crippen LogP contribution is 2.25. The fourth-order valence-electron chi connectivity index (χ4n) is 1.15. The maximum Gasteiger partial charge on any atom is 0.0894 e. The predicted molar refractivity (Wildman–Crippen MR) is 40.9 cm³/mol. The maximum atomic E-state index is 11.6. The second-order valence-corrected chi connectivity index (χ2v) is 3.11. The number of rotatable bonds is 5. The average Bonchev–Trinajstić information content (AvgIpc) is 2.69. The highest BCUT2D eigenvalue weighted by molar-refractivity contribution is 4.81. The summed E-state index contributed by atoms with van der Waals surface area (Å²) in [7, 11) is 2.13. The number of alkyl halides is 1. The molecule has 1 nitrogen and oxygen atoms in total. The van der Waals surface area contributed by atoms with Crippen LogP contribution < -0.4 is 0 Å². The van der Waals surface area contributed by atoms with Crippen molar-refractivity contribution in [3.05, 3.63) is 0 Å². The molecular formula is C8H16FN. The van der Waals surface area contributed by atoms with E-state index in [2.05, 4.69) is 11.9 Å². The van der Waals surface area contributed by atoms with E-state index >= 15 is 0 Å². The van der Waals surface area contributed by atoms with E-state index in [1.54, 1.807) is 0 Å². The van der Waals surface area contributed by atoms with E-state index < -0.39 is 0 Å². The Hall–Kier alpha value is -0.110. The number of halogens is 1. The topological polar surface area (TPSA) is 3.24 Å². The summed E-state index contributed by atoms with van der Waals surface area (Å²) in [5.74, 6) is 0. The van der Waals surface area contributed by atoms with Crippen LogP contribution in [0.3, 0.4) is 0 Å². The van der Waals surface area contributed by atoms with Crippen molar-refractivity contribution in [3.63, 3.8) is 0 Å². The van der Waals surface area contributed by atoms with Gasteiger partial charge in [-0.1, -0.05) is 0 Å². The van der Waals surface area contributed by atoms with Crippen molar-refractivity contribution in [3.8, 4) is 0 Å². The smallest absolute Gasteiger partial charge is 0.0894 e. The van der Waals surface area contributed by atoms with E-state index in [9.17, 15) is 4.39 Å². The van der Waals surface area contributed by atoms with Gasteiger partial charge in [0, 0.05) is 6.04 Å². The molecule has 1 rings (SSSR count). The minimum Gasteiger partial charge on any atom is -0.303 e. The standard InChI is InChI=1S/C8H16FN/c1-10(8-4-5-8)7-3-2-6-9/h8H,2-7H2,1H3. The van der Waals surface area contributed by atoms with Crippen molar-refractivity contribution in [2.45, 2.75) is 31.7 Å². The van der Waals surface area contributed by atoms with Gasteiger partial charge in [-0.2, -0.15) is 0 Å². The van der Waals surface area contributed by atoms with Crippen molar-refractivity contribution in [2.24, 2.45) is 0 Å². The fraction of sp³-hybridized carbons (Fsp3) is 1.00. The summed E-state index contributed by atoms with van der Waals surface area (Å²) < 4.78 is 11.6. The second-order valence-electron chi connectivity index (χ2n) is 3.11. The Morgan fingerprint density at radius 2 is 2.10 bits per heavy atom. The van der Waals surface area contributed by atoms with Gasteiger partial charge in [0.1, 0.15) is 0 Å². The molecule has 1 aliphatic rings. The second kappa shape index (κ2) is 3.91. The normalized spacial score (nSPS) is 18.3. The summed E-state index contributed by atoms with van der Waals surface area (Å²) in [6, 6.07) is 0.833. The molecule has 1 aliphatic carbocycles. The van der Waals surface area contributed by atoms with Crippen LogP contribution in [0.4, 0.5) is 4.39 Å². The molecule has 0 saturated heterocycles. The van der Waals surface area contributed by atoms with Gasteiger partial charge in [-0.05, 0) is 39.3 Å². The van der Waals surface area contributed by atoms with Crippen molar-refractivity contribution < 1.29 is 4.39 Å². The van der Waals surface area contributed by atoms with Crippen LogP contribution in [0.2, 0.25) is 0 Å². The van der Waals surface area contributed by atoms with Crippen LogP contribution >= 0.6 is 0 Å². The van der Waals surface area contributed by atoms with Crippen LogP contribution in [0.1, 0.15) is 25.7 Å². The van der Waals surface area contributed by atoms with Gasteiger partial charge in [0.15, 0.2) is 0 Å². The zero-order chi connectivity index (χ0) is 7.40. The van der Waals surface area contributed by atoms with Gasteiger partial charge in [-0.25, -0.2) is 0 Å². The third-order valence-electron chi connectivity index (χ3n) is 2.06. The first-order valence-electron chi connectivity index (χ1n) is 4.11. The van der Waals surface area contributed by atoms with Crippen LogP contribution in [0.5, 0.6) is 0 Å². The Kier molecular flexibility index (Phi) is 3.13. The Bertz CT molecular complexity index is 91.3. The number of nitrogens with zero attached hydrogens (tertiary/aromatic N) is 1. The molecule has 0 aromatic carbocycles. The van der Waals surface area contributed by atoms with E-state index in [-0.39, 0.29) is 6.67 Å². The maximum absolute atomic E-state index is 11.6. The zero-order valence-electron chi connectivity index (χ0n) is 6.65. The monoisotopic (exact) mass is 145 g/mol. The molecule has 0 spiro atoms. The minimum absolute atomic E-state index is 0.154.